The Bertz CT molecular complexity index is 1350. The van der Waals surface area contributed by atoms with Gasteiger partial charge in [0, 0.05) is 6.54 Å². The topological polar surface area (TPSA) is 127 Å². The summed E-state index contributed by atoms with van der Waals surface area (Å²) >= 11 is 0. The molecule has 10 heteroatoms. The molecule has 2 N–H and O–H groups in total. The predicted molar refractivity (Wildman–Crippen MR) is 133 cm³/mol. The third-order valence-electron chi connectivity index (χ3n) is 5.83. The summed E-state index contributed by atoms with van der Waals surface area (Å²) in [4.78, 5) is 41.6. The zero-order chi connectivity index (χ0) is 25.7. The van der Waals surface area contributed by atoms with E-state index in [1.807, 2.05) is 36.4 Å². The van der Waals surface area contributed by atoms with Gasteiger partial charge < -0.3 is 9.64 Å². The number of ether oxygens (including phenoxy) is 1. The summed E-state index contributed by atoms with van der Waals surface area (Å²) in [6, 6.07) is 22.5. The molecule has 36 heavy (non-hydrogen) atoms. The summed E-state index contributed by atoms with van der Waals surface area (Å²) in [6.07, 6.45) is 0.292. The lowest BCUT2D eigenvalue weighted by molar-refractivity contribution is -0.140. The van der Waals surface area contributed by atoms with Gasteiger partial charge in [-0.3, -0.25) is 14.4 Å². The van der Waals surface area contributed by atoms with E-state index in [1.54, 1.807) is 24.3 Å². The number of benzene rings is 3. The van der Waals surface area contributed by atoms with Crippen LogP contribution in [0.4, 0.5) is 5.69 Å². The van der Waals surface area contributed by atoms with Crippen molar-refractivity contribution in [1.29, 1.82) is 0 Å². The molecule has 0 radical (unpaired) electrons. The van der Waals surface area contributed by atoms with Gasteiger partial charge in [0.1, 0.15) is 11.8 Å². The number of rotatable bonds is 9. The molecule has 3 aromatic rings. The molecule has 3 amide bonds. The Balaban J connectivity index is 1.55. The highest BCUT2D eigenvalue weighted by molar-refractivity contribution is 7.89. The molecule has 0 spiro atoms. The van der Waals surface area contributed by atoms with Crippen molar-refractivity contribution >= 4 is 33.4 Å². The van der Waals surface area contributed by atoms with Gasteiger partial charge in [0.2, 0.25) is 15.9 Å². The largest absolute Gasteiger partial charge is 0.484 e. The number of nitrogens with two attached hydrogens (primary N) is 1. The minimum absolute atomic E-state index is 0.139. The fourth-order valence-electron chi connectivity index (χ4n) is 4.01. The first-order valence-electron chi connectivity index (χ1n) is 11.2. The van der Waals surface area contributed by atoms with Gasteiger partial charge in [-0.15, -0.1) is 0 Å². The third-order valence-corrected chi connectivity index (χ3v) is 6.76. The van der Waals surface area contributed by atoms with Gasteiger partial charge in [0.05, 0.1) is 17.0 Å². The number of carbonyl (C=O) groups is 3. The van der Waals surface area contributed by atoms with Gasteiger partial charge in [-0.05, 0) is 48.4 Å². The fourth-order valence-corrected chi connectivity index (χ4v) is 4.52. The van der Waals surface area contributed by atoms with Crippen LogP contribution in [0.1, 0.15) is 12.0 Å². The van der Waals surface area contributed by atoms with Gasteiger partial charge in [-0.2, -0.15) is 0 Å². The minimum Gasteiger partial charge on any atom is -0.484 e. The lowest BCUT2D eigenvalue weighted by Gasteiger charge is -2.28. The molecule has 1 atom stereocenters. The lowest BCUT2D eigenvalue weighted by atomic mass is 10.1. The van der Waals surface area contributed by atoms with E-state index in [4.69, 9.17) is 9.88 Å². The summed E-state index contributed by atoms with van der Waals surface area (Å²) in [6.45, 7) is -0.0806. The number of amides is 3. The zero-order valence-corrected chi connectivity index (χ0v) is 20.1. The number of nitrogens with zero attached hydrogens (tertiary/aromatic N) is 2. The van der Waals surface area contributed by atoms with Gasteiger partial charge in [-0.1, -0.05) is 48.5 Å². The number of hydrogen-bond donors (Lipinski definition) is 1. The maximum atomic E-state index is 13.4. The van der Waals surface area contributed by atoms with Gasteiger partial charge in [0.25, 0.3) is 11.8 Å². The summed E-state index contributed by atoms with van der Waals surface area (Å²) in [5.41, 5.74) is 1.18. The average Bonchev–Trinajstić information content (AvgIpc) is 3.17. The van der Waals surface area contributed by atoms with Crippen molar-refractivity contribution in [3.05, 3.63) is 90.5 Å². The molecule has 3 aromatic carbocycles. The number of carbonyl (C=O) groups excluding carboxylic acids is 3. The van der Waals surface area contributed by atoms with Crippen LogP contribution in [0.5, 0.6) is 5.75 Å². The second kappa shape index (κ2) is 10.7. The molecule has 9 nitrogen and oxygen atoms in total. The van der Waals surface area contributed by atoms with Crippen LogP contribution in [0.2, 0.25) is 0 Å². The summed E-state index contributed by atoms with van der Waals surface area (Å²) in [5.74, 6) is -0.967. The molecule has 0 saturated carbocycles. The van der Waals surface area contributed by atoms with E-state index in [0.29, 0.717) is 12.2 Å². The van der Waals surface area contributed by atoms with E-state index in [1.165, 1.54) is 29.2 Å². The molecular formula is C26H25N3O6S. The average molecular weight is 508 g/mol. The number of imide groups is 1. The Morgan fingerprint density at radius 2 is 1.56 bits per heavy atom. The molecule has 1 heterocycles. The Morgan fingerprint density at radius 3 is 2.17 bits per heavy atom. The number of primary sulfonamides is 1. The van der Waals surface area contributed by atoms with Crippen LogP contribution < -0.4 is 14.8 Å². The first-order valence-corrected chi connectivity index (χ1v) is 12.8. The second-order valence-electron chi connectivity index (χ2n) is 8.25. The molecule has 1 aliphatic rings. The van der Waals surface area contributed by atoms with Gasteiger partial charge in [0.15, 0.2) is 6.61 Å². The number of hydrogen-bond acceptors (Lipinski definition) is 6. The Hall–Kier alpha value is -4.02. The summed E-state index contributed by atoms with van der Waals surface area (Å²) in [7, 11) is -3.92. The Labute approximate surface area is 209 Å². The molecule has 186 valence electrons. The molecule has 0 aliphatic carbocycles. The molecule has 1 saturated heterocycles. The van der Waals surface area contributed by atoms with Crippen LogP contribution in [0.3, 0.4) is 0 Å². The first kappa shape index (κ1) is 25.1. The smallest absolute Gasteiger partial charge is 0.261 e. The van der Waals surface area contributed by atoms with Crippen molar-refractivity contribution in [2.75, 3.05) is 18.1 Å². The highest BCUT2D eigenvalue weighted by atomic mass is 32.2. The van der Waals surface area contributed by atoms with Crippen LogP contribution in [0.25, 0.3) is 0 Å². The molecular weight excluding hydrogens is 482 g/mol. The Morgan fingerprint density at radius 1 is 0.944 bits per heavy atom. The van der Waals surface area contributed by atoms with Crippen molar-refractivity contribution in [3.8, 4) is 5.75 Å². The third kappa shape index (κ3) is 5.78. The van der Waals surface area contributed by atoms with E-state index < -0.39 is 33.8 Å². The molecule has 1 aliphatic heterocycles. The van der Waals surface area contributed by atoms with E-state index in [2.05, 4.69) is 0 Å². The SMILES string of the molecule is NS(=O)(=O)c1ccc(N2C(=O)CC(N(CCc3ccccc3)C(=O)COc3ccccc3)C2=O)cc1. The second-order valence-corrected chi connectivity index (χ2v) is 9.81. The van der Waals surface area contributed by atoms with Crippen LogP contribution >= 0.6 is 0 Å². The summed E-state index contributed by atoms with van der Waals surface area (Å²) in [5, 5.41) is 5.13. The number of anilines is 1. The van der Waals surface area contributed by atoms with Crippen LogP contribution in [-0.4, -0.2) is 50.2 Å². The molecule has 1 fully saturated rings. The van der Waals surface area contributed by atoms with E-state index in [9.17, 15) is 22.8 Å². The van der Waals surface area contributed by atoms with E-state index in [0.717, 1.165) is 10.5 Å². The van der Waals surface area contributed by atoms with Crippen LogP contribution in [-0.2, 0) is 30.8 Å². The maximum Gasteiger partial charge on any atom is 0.261 e. The molecule has 1 unspecified atom stereocenters. The lowest BCUT2D eigenvalue weighted by Crippen LogP contribution is -2.48. The monoisotopic (exact) mass is 507 g/mol. The van der Waals surface area contributed by atoms with Crippen molar-refractivity contribution in [2.45, 2.75) is 23.8 Å². The standard InChI is InChI=1S/C26H25N3O6S/c27-36(33,34)22-13-11-20(12-14-22)29-24(30)17-23(26(29)32)28(16-15-19-7-3-1-4-8-19)25(31)18-35-21-9-5-2-6-10-21/h1-14,23H,15-18H2,(H2,27,33,34). The maximum absolute atomic E-state index is 13.4. The van der Waals surface area contributed by atoms with Crippen LogP contribution in [0.15, 0.2) is 89.8 Å². The normalized spacial score (nSPS) is 15.7. The number of sulfonamides is 1. The quantitative estimate of drug-likeness (QED) is 0.442. The Kier molecular flexibility index (Phi) is 7.47. The molecule has 0 bridgehead atoms. The van der Waals surface area contributed by atoms with E-state index >= 15 is 0 Å². The van der Waals surface area contributed by atoms with Crippen molar-refractivity contribution in [1.82, 2.24) is 4.90 Å². The van der Waals surface area contributed by atoms with Gasteiger partial charge >= 0.3 is 0 Å². The number of para-hydroxylation sites is 1. The van der Waals surface area contributed by atoms with Gasteiger partial charge in [-0.25, -0.2) is 18.5 Å². The fraction of sp³-hybridized carbons (Fsp3) is 0.192. The molecule has 0 aromatic heterocycles. The highest BCUT2D eigenvalue weighted by Crippen LogP contribution is 2.27. The molecule has 4 rings (SSSR count). The summed E-state index contributed by atoms with van der Waals surface area (Å²) < 4.78 is 28.7. The van der Waals surface area contributed by atoms with E-state index in [-0.39, 0.29) is 30.2 Å². The minimum atomic E-state index is -3.92. The first-order chi connectivity index (χ1) is 17.2. The highest BCUT2D eigenvalue weighted by Gasteiger charge is 2.44. The van der Waals surface area contributed by atoms with Crippen molar-refractivity contribution in [2.24, 2.45) is 5.14 Å². The van der Waals surface area contributed by atoms with Crippen LogP contribution in [0, 0.1) is 0 Å². The van der Waals surface area contributed by atoms with Crippen molar-refractivity contribution < 1.29 is 27.5 Å². The predicted octanol–water partition coefficient (Wildman–Crippen LogP) is 2.12. The zero-order valence-electron chi connectivity index (χ0n) is 19.3. The van der Waals surface area contributed by atoms with Crippen molar-refractivity contribution in [3.63, 3.8) is 0 Å².